The van der Waals surface area contributed by atoms with Gasteiger partial charge in [-0.3, -0.25) is 9.79 Å². The third kappa shape index (κ3) is 2.11. The maximum atomic E-state index is 11.2. The molecule has 3 heteroatoms. The lowest BCUT2D eigenvalue weighted by Crippen LogP contribution is -2.05. The molecule has 0 saturated carbocycles. The molecule has 0 N–H and O–H groups in total. The number of esters is 1. The van der Waals surface area contributed by atoms with Crippen molar-refractivity contribution in [3.05, 3.63) is 59.7 Å². The number of hydrogen-bond donors (Lipinski definition) is 0. The first-order valence-corrected chi connectivity index (χ1v) is 6.61. The van der Waals surface area contributed by atoms with Gasteiger partial charge in [0.2, 0.25) is 0 Å². The van der Waals surface area contributed by atoms with Crippen molar-refractivity contribution in [3.63, 3.8) is 0 Å². The summed E-state index contributed by atoms with van der Waals surface area (Å²) in [6.45, 7) is 0.449. The van der Waals surface area contributed by atoms with Crippen molar-refractivity contribution in [3.8, 4) is 11.1 Å². The number of rotatable bonds is 3. The minimum absolute atomic E-state index is 0.228. The highest BCUT2D eigenvalue weighted by molar-refractivity contribution is 6.24. The van der Waals surface area contributed by atoms with Crippen LogP contribution in [0.1, 0.15) is 17.5 Å². The molecule has 0 fully saturated rings. The molecule has 0 bridgehead atoms. The number of fused-ring (bicyclic) bond motifs is 3. The Hall–Kier alpha value is -2.42. The predicted octanol–water partition coefficient (Wildman–Crippen LogP) is 3.07. The molecular weight excluding hydrogens is 250 g/mol. The lowest BCUT2D eigenvalue weighted by atomic mass is 10.1. The number of ether oxygens (including phenoxy) is 1. The summed E-state index contributed by atoms with van der Waals surface area (Å²) in [5.41, 5.74) is 5.66. The number of benzene rings is 2. The van der Waals surface area contributed by atoms with Crippen molar-refractivity contribution in [2.75, 3.05) is 13.7 Å². The summed E-state index contributed by atoms with van der Waals surface area (Å²) in [5.74, 6) is -0.228. The zero-order chi connectivity index (χ0) is 13.9. The Bertz CT molecular complexity index is 641. The van der Waals surface area contributed by atoms with E-state index in [9.17, 15) is 4.79 Å². The molecular formula is C17H15NO2. The summed E-state index contributed by atoms with van der Waals surface area (Å²) in [4.78, 5) is 15.8. The third-order valence-electron chi connectivity index (χ3n) is 3.47. The molecule has 0 saturated heterocycles. The van der Waals surface area contributed by atoms with E-state index in [4.69, 9.17) is 0 Å². The molecule has 20 heavy (non-hydrogen) atoms. The highest BCUT2D eigenvalue weighted by Crippen LogP contribution is 2.36. The first-order valence-electron chi connectivity index (χ1n) is 6.61. The molecule has 0 spiro atoms. The fraction of sp³-hybridized carbons (Fsp3) is 0.176. The first-order chi connectivity index (χ1) is 9.81. The zero-order valence-corrected chi connectivity index (χ0v) is 11.3. The van der Waals surface area contributed by atoms with Gasteiger partial charge in [-0.05, 0) is 11.1 Å². The average Bonchev–Trinajstić information content (AvgIpc) is 2.82. The molecule has 0 radical (unpaired) electrons. The van der Waals surface area contributed by atoms with Crippen LogP contribution in [0.15, 0.2) is 53.5 Å². The monoisotopic (exact) mass is 265 g/mol. The lowest BCUT2D eigenvalue weighted by Gasteiger charge is -2.02. The fourth-order valence-corrected chi connectivity index (χ4v) is 2.53. The summed E-state index contributed by atoms with van der Waals surface area (Å²) in [7, 11) is 1.40. The molecule has 0 unspecified atom stereocenters. The number of nitrogens with zero attached hydrogens (tertiary/aromatic N) is 1. The summed E-state index contributed by atoms with van der Waals surface area (Å²) in [5, 5.41) is 0. The van der Waals surface area contributed by atoms with E-state index >= 15 is 0 Å². The average molecular weight is 265 g/mol. The van der Waals surface area contributed by atoms with Crippen LogP contribution in [0, 0.1) is 0 Å². The van der Waals surface area contributed by atoms with Gasteiger partial charge >= 0.3 is 5.97 Å². The molecule has 1 aliphatic rings. The summed E-state index contributed by atoms with van der Waals surface area (Å²) >= 11 is 0. The second-order valence-electron chi connectivity index (χ2n) is 4.65. The summed E-state index contributed by atoms with van der Waals surface area (Å²) in [6, 6.07) is 16.5. The first kappa shape index (κ1) is 12.6. The normalized spacial score (nSPS) is 11.8. The minimum atomic E-state index is -0.228. The van der Waals surface area contributed by atoms with Crippen LogP contribution in [0.5, 0.6) is 0 Å². The van der Waals surface area contributed by atoms with Crippen molar-refractivity contribution in [1.29, 1.82) is 0 Å². The lowest BCUT2D eigenvalue weighted by molar-refractivity contribution is -0.140. The van der Waals surface area contributed by atoms with Crippen LogP contribution in [0.3, 0.4) is 0 Å². The van der Waals surface area contributed by atoms with E-state index in [-0.39, 0.29) is 5.97 Å². The van der Waals surface area contributed by atoms with Crippen LogP contribution in [0.4, 0.5) is 0 Å². The van der Waals surface area contributed by atoms with Crippen LogP contribution in [0.2, 0.25) is 0 Å². The number of hydrogen-bond acceptors (Lipinski definition) is 3. The van der Waals surface area contributed by atoms with E-state index < -0.39 is 0 Å². The number of aliphatic imine (C=N–C) groups is 1. The van der Waals surface area contributed by atoms with Crippen LogP contribution < -0.4 is 0 Å². The molecule has 3 rings (SSSR count). The van der Waals surface area contributed by atoms with Gasteiger partial charge in [-0.15, -0.1) is 0 Å². The van der Waals surface area contributed by atoms with E-state index in [1.54, 1.807) is 0 Å². The van der Waals surface area contributed by atoms with Crippen molar-refractivity contribution >= 4 is 11.7 Å². The predicted molar refractivity (Wildman–Crippen MR) is 79.0 cm³/mol. The largest absolute Gasteiger partial charge is 0.469 e. The highest BCUT2D eigenvalue weighted by atomic mass is 16.5. The van der Waals surface area contributed by atoms with Gasteiger partial charge in [0.05, 0.1) is 25.8 Å². The molecule has 1 aliphatic carbocycles. The molecule has 0 atom stereocenters. The van der Waals surface area contributed by atoms with Crippen molar-refractivity contribution in [2.24, 2.45) is 4.99 Å². The number of methoxy groups -OCH3 is 1. The Balaban J connectivity index is 1.99. The fourth-order valence-electron chi connectivity index (χ4n) is 2.53. The van der Waals surface area contributed by atoms with Crippen LogP contribution in [-0.4, -0.2) is 25.3 Å². The molecule has 0 aliphatic heterocycles. The SMILES string of the molecule is COC(=O)CCN=C1c2ccccc2-c2ccccc21. The van der Waals surface area contributed by atoms with Gasteiger partial charge in [0, 0.05) is 11.1 Å². The second-order valence-corrected chi connectivity index (χ2v) is 4.65. The van der Waals surface area contributed by atoms with Crippen molar-refractivity contribution in [2.45, 2.75) is 6.42 Å². The molecule has 2 aromatic carbocycles. The third-order valence-corrected chi connectivity index (χ3v) is 3.47. The summed E-state index contributed by atoms with van der Waals surface area (Å²) in [6.07, 6.45) is 0.310. The van der Waals surface area contributed by atoms with Gasteiger partial charge < -0.3 is 4.74 Å². The van der Waals surface area contributed by atoms with Crippen LogP contribution >= 0.6 is 0 Å². The Morgan fingerprint density at radius 2 is 1.45 bits per heavy atom. The Morgan fingerprint density at radius 1 is 0.950 bits per heavy atom. The number of carbonyl (C=O) groups is 1. The zero-order valence-electron chi connectivity index (χ0n) is 11.3. The Kier molecular flexibility index (Phi) is 3.33. The van der Waals surface area contributed by atoms with E-state index in [1.807, 2.05) is 24.3 Å². The standard InChI is InChI=1S/C17H15NO2/c1-20-16(19)10-11-18-17-14-8-4-2-6-12(14)13-7-3-5-9-15(13)17/h2-9H,10-11H2,1H3. The second kappa shape index (κ2) is 5.29. The Labute approximate surface area is 117 Å². The van der Waals surface area contributed by atoms with Crippen molar-refractivity contribution in [1.82, 2.24) is 0 Å². The van der Waals surface area contributed by atoms with Gasteiger partial charge in [0.1, 0.15) is 0 Å². The highest BCUT2D eigenvalue weighted by Gasteiger charge is 2.23. The van der Waals surface area contributed by atoms with Gasteiger partial charge in [-0.25, -0.2) is 0 Å². The van der Waals surface area contributed by atoms with Gasteiger partial charge in [-0.1, -0.05) is 48.5 Å². The molecule has 0 amide bonds. The van der Waals surface area contributed by atoms with Crippen molar-refractivity contribution < 1.29 is 9.53 Å². The molecule has 0 aromatic heterocycles. The van der Waals surface area contributed by atoms with Crippen LogP contribution in [0.25, 0.3) is 11.1 Å². The molecule has 2 aromatic rings. The molecule has 3 nitrogen and oxygen atoms in total. The minimum Gasteiger partial charge on any atom is -0.469 e. The van der Waals surface area contributed by atoms with Crippen LogP contribution in [-0.2, 0) is 9.53 Å². The summed E-state index contributed by atoms with van der Waals surface area (Å²) < 4.78 is 4.65. The van der Waals surface area contributed by atoms with E-state index in [2.05, 4.69) is 34.0 Å². The maximum Gasteiger partial charge on any atom is 0.307 e. The van der Waals surface area contributed by atoms with Gasteiger partial charge in [0.15, 0.2) is 0 Å². The van der Waals surface area contributed by atoms with E-state index in [1.165, 1.54) is 18.2 Å². The molecule has 100 valence electrons. The smallest absolute Gasteiger partial charge is 0.307 e. The van der Waals surface area contributed by atoms with Gasteiger partial charge in [0.25, 0.3) is 0 Å². The van der Waals surface area contributed by atoms with E-state index in [0.717, 1.165) is 16.8 Å². The Morgan fingerprint density at radius 3 is 1.95 bits per heavy atom. The van der Waals surface area contributed by atoms with E-state index in [0.29, 0.717) is 13.0 Å². The van der Waals surface area contributed by atoms with Gasteiger partial charge in [-0.2, -0.15) is 0 Å². The number of carbonyl (C=O) groups excluding carboxylic acids is 1. The topological polar surface area (TPSA) is 38.7 Å². The quantitative estimate of drug-likeness (QED) is 0.683. The maximum absolute atomic E-state index is 11.2. The molecule has 0 heterocycles.